The summed E-state index contributed by atoms with van der Waals surface area (Å²) in [5, 5.41) is 10.1. The minimum atomic E-state index is -0.150. The highest BCUT2D eigenvalue weighted by Gasteiger charge is 2.12. The summed E-state index contributed by atoms with van der Waals surface area (Å²) in [4.78, 5) is 16.2. The molecule has 1 heterocycles. The Bertz CT molecular complexity index is 831. The number of nitrogens with one attached hydrogen (secondary N) is 2. The first-order valence-electron chi connectivity index (χ1n) is 9.18. The maximum atomic E-state index is 12.3. The topological polar surface area (TPSA) is 71.8 Å². The fraction of sp³-hybridized carbons (Fsp3) is 0.286. The number of nitrogens with zero attached hydrogens (tertiary/aromatic N) is 3. The van der Waals surface area contributed by atoms with Crippen LogP contribution < -0.4 is 10.6 Å². The summed E-state index contributed by atoms with van der Waals surface area (Å²) >= 11 is 0. The predicted octanol–water partition coefficient (Wildman–Crippen LogP) is 3.65. The van der Waals surface area contributed by atoms with Crippen LogP contribution in [0.5, 0.6) is 0 Å². The SMILES string of the molecule is CC(CCc1ccccc1)NC(=O)NC(C)c1ccc(-n2cncn2)cc1. The number of carbonyl (C=O) groups excluding carboxylic acids is 1. The Morgan fingerprint density at radius 1 is 1.04 bits per heavy atom. The second-order valence-electron chi connectivity index (χ2n) is 6.70. The summed E-state index contributed by atoms with van der Waals surface area (Å²) in [7, 11) is 0. The van der Waals surface area contributed by atoms with Gasteiger partial charge in [-0.15, -0.1) is 0 Å². The first kappa shape index (κ1) is 18.6. The quantitative estimate of drug-likeness (QED) is 0.673. The summed E-state index contributed by atoms with van der Waals surface area (Å²) < 4.78 is 1.70. The highest BCUT2D eigenvalue weighted by molar-refractivity contribution is 5.74. The molecule has 0 aliphatic heterocycles. The van der Waals surface area contributed by atoms with Crippen molar-refractivity contribution >= 4 is 6.03 Å². The van der Waals surface area contributed by atoms with Crippen molar-refractivity contribution in [2.45, 2.75) is 38.8 Å². The molecule has 0 spiro atoms. The molecule has 27 heavy (non-hydrogen) atoms. The Hall–Kier alpha value is -3.15. The van der Waals surface area contributed by atoms with Crippen LogP contribution in [0, 0.1) is 0 Å². The molecule has 0 bridgehead atoms. The van der Waals surface area contributed by atoms with E-state index in [1.54, 1.807) is 11.0 Å². The number of benzene rings is 2. The van der Waals surface area contributed by atoms with Gasteiger partial charge in [0.05, 0.1) is 11.7 Å². The number of aryl methyl sites for hydroxylation is 1. The van der Waals surface area contributed by atoms with Crippen molar-refractivity contribution < 1.29 is 4.79 Å². The molecule has 3 rings (SSSR count). The Balaban J connectivity index is 1.47. The summed E-state index contributed by atoms with van der Waals surface area (Å²) in [5.41, 5.74) is 3.25. The molecule has 2 amide bonds. The van der Waals surface area contributed by atoms with Gasteiger partial charge in [0.25, 0.3) is 0 Å². The van der Waals surface area contributed by atoms with E-state index >= 15 is 0 Å². The average Bonchev–Trinajstić information content (AvgIpc) is 3.22. The Morgan fingerprint density at radius 3 is 2.44 bits per heavy atom. The van der Waals surface area contributed by atoms with Gasteiger partial charge in [0.15, 0.2) is 0 Å². The molecule has 0 fully saturated rings. The van der Waals surface area contributed by atoms with E-state index in [0.717, 1.165) is 24.1 Å². The molecule has 0 aliphatic carbocycles. The number of aromatic nitrogens is 3. The molecule has 2 aromatic carbocycles. The highest BCUT2D eigenvalue weighted by atomic mass is 16.2. The smallest absolute Gasteiger partial charge is 0.315 e. The Morgan fingerprint density at radius 2 is 1.78 bits per heavy atom. The van der Waals surface area contributed by atoms with Crippen LogP contribution in [0.25, 0.3) is 5.69 Å². The molecule has 3 aromatic rings. The lowest BCUT2D eigenvalue weighted by atomic mass is 10.1. The van der Waals surface area contributed by atoms with Crippen LogP contribution in [-0.2, 0) is 6.42 Å². The molecule has 6 heteroatoms. The van der Waals surface area contributed by atoms with E-state index in [0.29, 0.717) is 0 Å². The number of hydrogen-bond acceptors (Lipinski definition) is 3. The molecule has 0 radical (unpaired) electrons. The average molecular weight is 363 g/mol. The largest absolute Gasteiger partial charge is 0.336 e. The van der Waals surface area contributed by atoms with Gasteiger partial charge in [-0.2, -0.15) is 5.10 Å². The maximum Gasteiger partial charge on any atom is 0.315 e. The molecule has 0 aliphatic rings. The minimum absolute atomic E-state index is 0.0869. The second-order valence-corrected chi connectivity index (χ2v) is 6.70. The van der Waals surface area contributed by atoms with E-state index in [1.165, 1.54) is 11.9 Å². The summed E-state index contributed by atoms with van der Waals surface area (Å²) in [6.45, 7) is 4.00. The number of amides is 2. The number of hydrogen-bond donors (Lipinski definition) is 2. The van der Waals surface area contributed by atoms with Crippen molar-refractivity contribution in [2.75, 3.05) is 0 Å². The highest BCUT2D eigenvalue weighted by Crippen LogP contribution is 2.15. The lowest BCUT2D eigenvalue weighted by Crippen LogP contribution is -2.41. The van der Waals surface area contributed by atoms with Crippen molar-refractivity contribution in [3.8, 4) is 5.69 Å². The van der Waals surface area contributed by atoms with E-state index in [2.05, 4.69) is 32.8 Å². The van der Waals surface area contributed by atoms with Crippen LogP contribution in [0.3, 0.4) is 0 Å². The first-order chi connectivity index (χ1) is 13.1. The molecular weight excluding hydrogens is 338 g/mol. The first-order valence-corrected chi connectivity index (χ1v) is 9.18. The van der Waals surface area contributed by atoms with Gasteiger partial charge in [0.2, 0.25) is 0 Å². The van der Waals surface area contributed by atoms with E-state index in [1.807, 2.05) is 56.3 Å². The third-order valence-electron chi connectivity index (χ3n) is 4.51. The van der Waals surface area contributed by atoms with Gasteiger partial charge >= 0.3 is 6.03 Å². The van der Waals surface area contributed by atoms with Gasteiger partial charge < -0.3 is 10.6 Å². The third-order valence-corrected chi connectivity index (χ3v) is 4.51. The number of carbonyl (C=O) groups is 1. The zero-order chi connectivity index (χ0) is 19.1. The Labute approximate surface area is 159 Å². The van der Waals surface area contributed by atoms with Crippen LogP contribution in [-0.4, -0.2) is 26.8 Å². The molecule has 0 saturated carbocycles. The number of urea groups is 1. The molecule has 2 unspecified atom stereocenters. The van der Waals surface area contributed by atoms with Crippen LogP contribution in [0.1, 0.15) is 37.4 Å². The van der Waals surface area contributed by atoms with Crippen molar-refractivity contribution in [2.24, 2.45) is 0 Å². The third kappa shape index (κ3) is 5.41. The van der Waals surface area contributed by atoms with E-state index in [9.17, 15) is 4.79 Å². The fourth-order valence-corrected chi connectivity index (χ4v) is 2.90. The molecule has 0 saturated heterocycles. The molecule has 2 N–H and O–H groups in total. The molecular formula is C21H25N5O. The van der Waals surface area contributed by atoms with E-state index in [-0.39, 0.29) is 18.1 Å². The van der Waals surface area contributed by atoms with Gasteiger partial charge in [-0.05, 0) is 49.9 Å². The normalized spacial score (nSPS) is 13.0. The fourth-order valence-electron chi connectivity index (χ4n) is 2.90. The lowest BCUT2D eigenvalue weighted by Gasteiger charge is -2.19. The molecule has 140 valence electrons. The van der Waals surface area contributed by atoms with E-state index in [4.69, 9.17) is 0 Å². The van der Waals surface area contributed by atoms with Gasteiger partial charge in [-0.25, -0.2) is 14.5 Å². The number of rotatable bonds is 7. The van der Waals surface area contributed by atoms with Crippen molar-refractivity contribution in [1.29, 1.82) is 0 Å². The van der Waals surface area contributed by atoms with Gasteiger partial charge in [-0.3, -0.25) is 0 Å². The van der Waals surface area contributed by atoms with E-state index < -0.39 is 0 Å². The van der Waals surface area contributed by atoms with Crippen LogP contribution in [0.2, 0.25) is 0 Å². The van der Waals surface area contributed by atoms with Crippen LogP contribution >= 0.6 is 0 Å². The van der Waals surface area contributed by atoms with Crippen LogP contribution in [0.4, 0.5) is 4.79 Å². The Kier molecular flexibility index (Phi) is 6.20. The van der Waals surface area contributed by atoms with Crippen molar-refractivity contribution in [3.05, 3.63) is 78.4 Å². The summed E-state index contributed by atoms with van der Waals surface area (Å²) in [6.07, 6.45) is 5.00. The van der Waals surface area contributed by atoms with Gasteiger partial charge in [-0.1, -0.05) is 42.5 Å². The van der Waals surface area contributed by atoms with Crippen LogP contribution in [0.15, 0.2) is 67.3 Å². The monoisotopic (exact) mass is 363 g/mol. The standard InChI is InChI=1S/C21H25N5O/c1-16(8-9-18-6-4-3-5-7-18)24-21(27)25-17(2)19-10-12-20(13-11-19)26-15-22-14-23-26/h3-7,10-17H,8-9H2,1-2H3,(H2,24,25,27). The second kappa shape index (κ2) is 8.98. The molecule has 6 nitrogen and oxygen atoms in total. The molecule has 2 atom stereocenters. The van der Waals surface area contributed by atoms with Crippen molar-refractivity contribution in [3.63, 3.8) is 0 Å². The maximum absolute atomic E-state index is 12.3. The molecule has 1 aromatic heterocycles. The zero-order valence-electron chi connectivity index (χ0n) is 15.7. The minimum Gasteiger partial charge on any atom is -0.336 e. The van der Waals surface area contributed by atoms with Crippen molar-refractivity contribution in [1.82, 2.24) is 25.4 Å². The zero-order valence-corrected chi connectivity index (χ0v) is 15.7. The lowest BCUT2D eigenvalue weighted by molar-refractivity contribution is 0.234. The summed E-state index contributed by atoms with van der Waals surface area (Å²) in [6, 6.07) is 18.1. The van der Waals surface area contributed by atoms with Gasteiger partial charge in [0, 0.05) is 6.04 Å². The summed E-state index contributed by atoms with van der Waals surface area (Å²) in [5.74, 6) is 0. The predicted molar refractivity (Wildman–Crippen MR) is 106 cm³/mol. The van der Waals surface area contributed by atoms with Gasteiger partial charge in [0.1, 0.15) is 12.7 Å².